The first-order valence-electron chi connectivity index (χ1n) is 5.42. The van der Waals surface area contributed by atoms with E-state index in [-0.39, 0.29) is 17.2 Å². The highest BCUT2D eigenvalue weighted by atomic mass is 16.1. The summed E-state index contributed by atoms with van der Waals surface area (Å²) in [5, 5.41) is 0. The van der Waals surface area contributed by atoms with Gasteiger partial charge in [0.2, 0.25) is 0 Å². The number of Topliss-reactive ketones (excluding diaryl/α,β-unsaturated/α-hetero) is 1. The average molecular weight is 195 g/mol. The molecule has 0 aromatic rings. The quantitative estimate of drug-likeness (QED) is 0.735. The van der Waals surface area contributed by atoms with Gasteiger partial charge in [0, 0.05) is 0 Å². The van der Waals surface area contributed by atoms with Crippen molar-refractivity contribution in [2.75, 3.05) is 0 Å². The first-order chi connectivity index (χ1) is 6.43. The highest BCUT2D eigenvalue weighted by molar-refractivity contribution is 5.99. The van der Waals surface area contributed by atoms with Gasteiger partial charge in [-0.05, 0) is 36.7 Å². The summed E-state index contributed by atoms with van der Waals surface area (Å²) < 4.78 is 0. The van der Waals surface area contributed by atoms with E-state index >= 15 is 0 Å². The molecule has 0 saturated heterocycles. The Bertz CT molecular complexity index is 248. The number of nitrogens with two attached hydrogens (primary N) is 1. The molecule has 0 aromatic heterocycles. The fourth-order valence-corrected chi connectivity index (χ4v) is 1.65. The van der Waals surface area contributed by atoms with Crippen LogP contribution in [-0.2, 0) is 4.79 Å². The zero-order chi connectivity index (χ0) is 10.8. The van der Waals surface area contributed by atoms with Gasteiger partial charge in [0.1, 0.15) is 0 Å². The van der Waals surface area contributed by atoms with Gasteiger partial charge in [-0.25, -0.2) is 0 Å². The van der Waals surface area contributed by atoms with Crippen LogP contribution in [0.5, 0.6) is 0 Å². The van der Waals surface area contributed by atoms with Crippen molar-refractivity contribution < 1.29 is 4.79 Å². The smallest absolute Gasteiger partial charge is 0.175 e. The summed E-state index contributed by atoms with van der Waals surface area (Å²) >= 11 is 0. The number of carbonyl (C=O) groups excluding carboxylic acids is 1. The van der Waals surface area contributed by atoms with Crippen molar-refractivity contribution in [3.63, 3.8) is 0 Å². The van der Waals surface area contributed by atoms with E-state index in [2.05, 4.69) is 6.08 Å². The van der Waals surface area contributed by atoms with E-state index in [0.717, 1.165) is 24.8 Å². The molecule has 0 fully saturated rings. The molecule has 0 aromatic carbocycles. The Morgan fingerprint density at radius 1 is 1.43 bits per heavy atom. The van der Waals surface area contributed by atoms with E-state index in [0.29, 0.717) is 0 Å². The monoisotopic (exact) mass is 195 g/mol. The molecular formula is C12H21NO. The zero-order valence-electron chi connectivity index (χ0n) is 9.47. The first-order valence-corrected chi connectivity index (χ1v) is 5.42. The molecule has 1 aliphatic rings. The van der Waals surface area contributed by atoms with Crippen molar-refractivity contribution in [3.05, 3.63) is 11.6 Å². The van der Waals surface area contributed by atoms with Crippen molar-refractivity contribution in [1.82, 2.24) is 0 Å². The molecule has 0 aliphatic heterocycles. The van der Waals surface area contributed by atoms with Gasteiger partial charge in [0.25, 0.3) is 0 Å². The van der Waals surface area contributed by atoms with E-state index in [4.69, 9.17) is 5.73 Å². The minimum Gasteiger partial charge on any atom is -0.321 e. The van der Waals surface area contributed by atoms with Gasteiger partial charge in [-0.2, -0.15) is 0 Å². The average Bonchev–Trinajstić information content (AvgIpc) is 2.15. The standard InChI is InChI=1S/C12H21NO/c1-12(2,3)11(13)10(14)9-7-5-4-6-8-9/h7,11H,4-6,8,13H2,1-3H3. The van der Waals surface area contributed by atoms with Crippen molar-refractivity contribution in [2.24, 2.45) is 11.1 Å². The van der Waals surface area contributed by atoms with Gasteiger partial charge in [0.05, 0.1) is 6.04 Å². The van der Waals surface area contributed by atoms with Gasteiger partial charge in [-0.1, -0.05) is 26.8 Å². The number of carbonyl (C=O) groups is 1. The van der Waals surface area contributed by atoms with E-state index < -0.39 is 0 Å². The Labute approximate surface area is 86.6 Å². The maximum Gasteiger partial charge on any atom is 0.175 e. The third-order valence-electron chi connectivity index (χ3n) is 2.82. The summed E-state index contributed by atoms with van der Waals surface area (Å²) in [4.78, 5) is 12.0. The molecule has 0 spiro atoms. The topological polar surface area (TPSA) is 43.1 Å². The predicted molar refractivity (Wildman–Crippen MR) is 59.0 cm³/mol. The van der Waals surface area contributed by atoms with E-state index in [1.54, 1.807) is 0 Å². The lowest BCUT2D eigenvalue weighted by atomic mass is 9.81. The highest BCUT2D eigenvalue weighted by Crippen LogP contribution is 2.25. The Morgan fingerprint density at radius 2 is 2.07 bits per heavy atom. The Hall–Kier alpha value is -0.630. The molecule has 1 aliphatic carbocycles. The summed E-state index contributed by atoms with van der Waals surface area (Å²) in [6, 6.07) is -0.355. The molecule has 1 rings (SSSR count). The molecule has 0 heterocycles. The Kier molecular flexibility index (Phi) is 3.48. The first kappa shape index (κ1) is 11.4. The van der Waals surface area contributed by atoms with Gasteiger partial charge in [0.15, 0.2) is 5.78 Å². The van der Waals surface area contributed by atoms with Gasteiger partial charge >= 0.3 is 0 Å². The van der Waals surface area contributed by atoms with Crippen LogP contribution in [0.25, 0.3) is 0 Å². The summed E-state index contributed by atoms with van der Waals surface area (Å²) in [7, 11) is 0. The summed E-state index contributed by atoms with van der Waals surface area (Å²) in [6.45, 7) is 6.04. The molecule has 0 saturated carbocycles. The molecule has 80 valence electrons. The molecule has 2 nitrogen and oxygen atoms in total. The summed E-state index contributed by atoms with van der Waals surface area (Å²) in [6.07, 6.45) is 6.37. The lowest BCUT2D eigenvalue weighted by Gasteiger charge is -2.27. The molecule has 2 heteroatoms. The maximum absolute atomic E-state index is 12.0. The fourth-order valence-electron chi connectivity index (χ4n) is 1.65. The van der Waals surface area contributed by atoms with Crippen molar-refractivity contribution in [2.45, 2.75) is 52.5 Å². The Morgan fingerprint density at radius 3 is 2.50 bits per heavy atom. The number of hydrogen-bond acceptors (Lipinski definition) is 2. The molecule has 2 N–H and O–H groups in total. The van der Waals surface area contributed by atoms with Crippen molar-refractivity contribution >= 4 is 5.78 Å². The molecule has 0 radical (unpaired) electrons. The maximum atomic E-state index is 12.0. The van der Waals surface area contributed by atoms with Crippen LogP contribution in [0.3, 0.4) is 0 Å². The van der Waals surface area contributed by atoms with Gasteiger partial charge in [-0.3, -0.25) is 4.79 Å². The van der Waals surface area contributed by atoms with Gasteiger partial charge in [-0.15, -0.1) is 0 Å². The van der Waals surface area contributed by atoms with Gasteiger partial charge < -0.3 is 5.73 Å². The third kappa shape index (κ3) is 2.68. The van der Waals surface area contributed by atoms with Crippen molar-refractivity contribution in [3.8, 4) is 0 Å². The summed E-state index contributed by atoms with van der Waals surface area (Å²) in [5.74, 6) is 0.150. The molecule has 0 bridgehead atoms. The SMILES string of the molecule is CC(C)(C)C(N)C(=O)C1=CCCCC1. The molecule has 1 unspecified atom stereocenters. The minimum atomic E-state index is -0.355. The second kappa shape index (κ2) is 4.26. The van der Waals surface area contributed by atoms with Crippen LogP contribution in [0, 0.1) is 5.41 Å². The number of allylic oxidation sites excluding steroid dienone is 1. The number of hydrogen-bond donors (Lipinski definition) is 1. The van der Waals surface area contributed by atoms with Crippen LogP contribution in [0.1, 0.15) is 46.5 Å². The second-order valence-corrected chi connectivity index (χ2v) is 5.18. The minimum absolute atomic E-state index is 0.130. The lowest BCUT2D eigenvalue weighted by molar-refractivity contribution is -0.119. The van der Waals surface area contributed by atoms with Crippen LogP contribution in [0.4, 0.5) is 0 Å². The van der Waals surface area contributed by atoms with E-state index in [1.165, 1.54) is 6.42 Å². The summed E-state index contributed by atoms with van der Waals surface area (Å²) in [5.41, 5.74) is 6.76. The zero-order valence-corrected chi connectivity index (χ0v) is 9.47. The van der Waals surface area contributed by atoms with Crippen LogP contribution in [0.2, 0.25) is 0 Å². The fraction of sp³-hybridized carbons (Fsp3) is 0.750. The van der Waals surface area contributed by atoms with Crippen LogP contribution in [0.15, 0.2) is 11.6 Å². The highest BCUT2D eigenvalue weighted by Gasteiger charge is 2.29. The van der Waals surface area contributed by atoms with Crippen LogP contribution >= 0.6 is 0 Å². The molecule has 14 heavy (non-hydrogen) atoms. The third-order valence-corrected chi connectivity index (χ3v) is 2.82. The predicted octanol–water partition coefficient (Wildman–Crippen LogP) is 2.43. The number of ketones is 1. The Balaban J connectivity index is 2.69. The number of rotatable bonds is 2. The lowest BCUT2D eigenvalue weighted by Crippen LogP contribution is -2.43. The normalized spacial score (nSPS) is 20.1. The largest absolute Gasteiger partial charge is 0.321 e. The second-order valence-electron chi connectivity index (χ2n) is 5.18. The van der Waals surface area contributed by atoms with Crippen LogP contribution in [-0.4, -0.2) is 11.8 Å². The van der Waals surface area contributed by atoms with Crippen molar-refractivity contribution in [1.29, 1.82) is 0 Å². The van der Waals surface area contributed by atoms with E-state index in [9.17, 15) is 4.79 Å². The molecular weight excluding hydrogens is 174 g/mol. The molecule has 1 atom stereocenters. The van der Waals surface area contributed by atoms with Crippen LogP contribution < -0.4 is 5.73 Å². The van der Waals surface area contributed by atoms with E-state index in [1.807, 2.05) is 20.8 Å². The molecule has 0 amide bonds.